The molecule has 0 aliphatic carbocycles. The van der Waals surface area contributed by atoms with E-state index in [2.05, 4.69) is 24.3 Å². The first kappa shape index (κ1) is 15.0. The summed E-state index contributed by atoms with van der Waals surface area (Å²) < 4.78 is 0. The molecule has 3 heteroatoms. The maximum atomic E-state index is 12.8. The van der Waals surface area contributed by atoms with Gasteiger partial charge in [0.2, 0.25) is 0 Å². The van der Waals surface area contributed by atoms with Crippen LogP contribution in [0.3, 0.4) is 0 Å². The molecule has 0 spiro atoms. The maximum Gasteiger partial charge on any atom is 0.287 e. The lowest BCUT2D eigenvalue weighted by atomic mass is 9.96. The van der Waals surface area contributed by atoms with Crippen LogP contribution in [-0.4, -0.2) is 5.24 Å². The van der Waals surface area contributed by atoms with E-state index in [1.807, 2.05) is 71.6 Å². The highest BCUT2D eigenvalue weighted by Gasteiger charge is 2.43. The SMILES string of the molecule is O=C1SC(c2ccccc2)C(c2ccccc2)N1c1ccccc1. The van der Waals surface area contributed by atoms with Crippen LogP contribution >= 0.6 is 11.8 Å². The highest BCUT2D eigenvalue weighted by molar-refractivity contribution is 8.14. The van der Waals surface area contributed by atoms with Gasteiger partial charge >= 0.3 is 0 Å². The molecule has 1 amide bonds. The molecule has 0 bridgehead atoms. The van der Waals surface area contributed by atoms with Crippen LogP contribution in [-0.2, 0) is 0 Å². The molecule has 1 heterocycles. The van der Waals surface area contributed by atoms with E-state index in [1.54, 1.807) is 0 Å². The van der Waals surface area contributed by atoms with E-state index in [4.69, 9.17) is 0 Å². The van der Waals surface area contributed by atoms with Crippen LogP contribution < -0.4 is 4.90 Å². The summed E-state index contributed by atoms with van der Waals surface area (Å²) in [5, 5.41) is 0.185. The number of amides is 1. The van der Waals surface area contributed by atoms with E-state index in [9.17, 15) is 4.79 Å². The van der Waals surface area contributed by atoms with Crippen LogP contribution in [0.5, 0.6) is 0 Å². The lowest BCUT2D eigenvalue weighted by Crippen LogP contribution is -2.27. The summed E-state index contributed by atoms with van der Waals surface area (Å²) in [6.45, 7) is 0. The molecule has 0 aromatic heterocycles. The Morgan fingerprint density at radius 1 is 0.667 bits per heavy atom. The number of nitrogens with zero attached hydrogens (tertiary/aromatic N) is 1. The number of hydrogen-bond acceptors (Lipinski definition) is 2. The minimum Gasteiger partial charge on any atom is -0.294 e. The summed E-state index contributed by atoms with van der Waals surface area (Å²) in [5.41, 5.74) is 3.29. The van der Waals surface area contributed by atoms with Crippen molar-refractivity contribution in [3.05, 3.63) is 102 Å². The lowest BCUT2D eigenvalue weighted by Gasteiger charge is -2.28. The van der Waals surface area contributed by atoms with Crippen molar-refractivity contribution in [1.29, 1.82) is 0 Å². The molecule has 2 unspecified atom stereocenters. The Bertz CT molecular complexity index is 820. The van der Waals surface area contributed by atoms with Crippen molar-refractivity contribution in [2.24, 2.45) is 0 Å². The standard InChI is InChI=1S/C21H17NOS/c23-21-22(18-14-8-3-9-15-18)19(16-10-4-1-5-11-16)20(24-21)17-12-6-2-7-13-17/h1-15,19-20H. The quantitative estimate of drug-likeness (QED) is 0.600. The van der Waals surface area contributed by atoms with Gasteiger partial charge in [-0.05, 0) is 23.3 Å². The monoisotopic (exact) mass is 331 g/mol. The molecule has 1 aliphatic heterocycles. The third-order valence-corrected chi connectivity index (χ3v) is 5.48. The average molecular weight is 331 g/mol. The van der Waals surface area contributed by atoms with Crippen molar-refractivity contribution in [2.75, 3.05) is 4.90 Å². The van der Waals surface area contributed by atoms with E-state index in [-0.39, 0.29) is 16.5 Å². The van der Waals surface area contributed by atoms with Gasteiger partial charge in [0.25, 0.3) is 5.24 Å². The molecular formula is C21H17NOS. The molecule has 118 valence electrons. The summed E-state index contributed by atoms with van der Waals surface area (Å²) >= 11 is 1.41. The molecule has 1 aliphatic rings. The van der Waals surface area contributed by atoms with Gasteiger partial charge < -0.3 is 0 Å². The Balaban J connectivity index is 1.83. The van der Waals surface area contributed by atoms with Gasteiger partial charge in [0.15, 0.2) is 0 Å². The van der Waals surface area contributed by atoms with Crippen LogP contribution in [0.2, 0.25) is 0 Å². The van der Waals surface area contributed by atoms with Gasteiger partial charge in [0.05, 0.1) is 11.3 Å². The van der Waals surface area contributed by atoms with Crippen molar-refractivity contribution in [1.82, 2.24) is 0 Å². The number of benzene rings is 3. The second-order valence-corrected chi connectivity index (χ2v) is 6.87. The molecule has 0 saturated carbocycles. The fraction of sp³-hybridized carbons (Fsp3) is 0.0952. The number of hydrogen-bond donors (Lipinski definition) is 0. The van der Waals surface area contributed by atoms with Crippen LogP contribution in [0, 0.1) is 0 Å². The highest BCUT2D eigenvalue weighted by atomic mass is 32.2. The van der Waals surface area contributed by atoms with E-state index in [0.717, 1.165) is 11.3 Å². The number of rotatable bonds is 3. The van der Waals surface area contributed by atoms with Gasteiger partial charge in [0.1, 0.15) is 0 Å². The van der Waals surface area contributed by atoms with Crippen LogP contribution in [0.1, 0.15) is 22.4 Å². The highest BCUT2D eigenvalue weighted by Crippen LogP contribution is 2.52. The average Bonchev–Trinajstić information content (AvgIpc) is 3.01. The first-order valence-corrected chi connectivity index (χ1v) is 8.87. The van der Waals surface area contributed by atoms with Gasteiger partial charge in [-0.15, -0.1) is 0 Å². The zero-order valence-electron chi connectivity index (χ0n) is 13.1. The Kier molecular flexibility index (Phi) is 4.09. The van der Waals surface area contributed by atoms with Gasteiger partial charge in [-0.1, -0.05) is 90.6 Å². The molecule has 1 saturated heterocycles. The van der Waals surface area contributed by atoms with Crippen molar-refractivity contribution < 1.29 is 4.79 Å². The summed E-state index contributed by atoms with van der Waals surface area (Å²) in [4.78, 5) is 14.8. The third-order valence-electron chi connectivity index (χ3n) is 4.29. The molecule has 0 N–H and O–H groups in total. The summed E-state index contributed by atoms with van der Waals surface area (Å²) in [6.07, 6.45) is 0. The Morgan fingerprint density at radius 2 is 1.17 bits per heavy atom. The minimum absolute atomic E-state index is 0.00602. The predicted molar refractivity (Wildman–Crippen MR) is 100 cm³/mol. The lowest BCUT2D eigenvalue weighted by molar-refractivity contribution is 0.265. The van der Waals surface area contributed by atoms with Gasteiger partial charge in [0, 0.05) is 5.69 Å². The number of thioether (sulfide) groups is 1. The second kappa shape index (κ2) is 6.54. The Hall–Kier alpha value is -2.52. The maximum absolute atomic E-state index is 12.8. The van der Waals surface area contributed by atoms with Crippen LogP contribution in [0.15, 0.2) is 91.0 Å². The number of carbonyl (C=O) groups is 1. The van der Waals surface area contributed by atoms with Crippen LogP contribution in [0.4, 0.5) is 10.5 Å². The Labute approximate surface area is 146 Å². The second-order valence-electron chi connectivity index (χ2n) is 5.78. The fourth-order valence-electron chi connectivity index (χ4n) is 3.20. The van der Waals surface area contributed by atoms with Gasteiger partial charge in [-0.25, -0.2) is 0 Å². The minimum atomic E-state index is -0.00602. The van der Waals surface area contributed by atoms with E-state index >= 15 is 0 Å². The molecule has 1 fully saturated rings. The number of anilines is 1. The third kappa shape index (κ3) is 2.72. The molecule has 2 atom stereocenters. The summed E-state index contributed by atoms with van der Waals surface area (Å²) in [5.74, 6) is 0. The number of para-hydroxylation sites is 1. The molecule has 24 heavy (non-hydrogen) atoms. The topological polar surface area (TPSA) is 20.3 Å². The largest absolute Gasteiger partial charge is 0.294 e. The molecular weight excluding hydrogens is 314 g/mol. The summed E-state index contributed by atoms with van der Waals surface area (Å²) in [6, 6.07) is 30.5. The smallest absolute Gasteiger partial charge is 0.287 e. The number of carbonyl (C=O) groups excluding carboxylic acids is 1. The van der Waals surface area contributed by atoms with Crippen molar-refractivity contribution in [3.63, 3.8) is 0 Å². The van der Waals surface area contributed by atoms with E-state index < -0.39 is 0 Å². The molecule has 4 rings (SSSR count). The van der Waals surface area contributed by atoms with Crippen LogP contribution in [0.25, 0.3) is 0 Å². The molecule has 3 aromatic carbocycles. The summed E-state index contributed by atoms with van der Waals surface area (Å²) in [7, 11) is 0. The molecule has 3 aromatic rings. The van der Waals surface area contributed by atoms with Gasteiger partial charge in [-0.3, -0.25) is 9.69 Å². The van der Waals surface area contributed by atoms with Crippen molar-refractivity contribution in [2.45, 2.75) is 11.3 Å². The van der Waals surface area contributed by atoms with Crippen molar-refractivity contribution >= 4 is 22.7 Å². The predicted octanol–water partition coefficient (Wildman–Crippen LogP) is 5.84. The zero-order valence-corrected chi connectivity index (χ0v) is 13.9. The molecule has 0 radical (unpaired) electrons. The van der Waals surface area contributed by atoms with Gasteiger partial charge in [-0.2, -0.15) is 0 Å². The van der Waals surface area contributed by atoms with E-state index in [1.165, 1.54) is 17.3 Å². The molecule has 2 nitrogen and oxygen atoms in total. The fourth-order valence-corrected chi connectivity index (χ4v) is 4.45. The normalized spacial score (nSPS) is 20.3. The zero-order chi connectivity index (χ0) is 16.4. The Morgan fingerprint density at radius 3 is 1.75 bits per heavy atom. The van der Waals surface area contributed by atoms with Crippen molar-refractivity contribution in [3.8, 4) is 0 Å². The first-order chi connectivity index (χ1) is 11.8. The van der Waals surface area contributed by atoms with E-state index in [0.29, 0.717) is 0 Å². The first-order valence-electron chi connectivity index (χ1n) is 7.99.